The van der Waals surface area contributed by atoms with Gasteiger partial charge in [-0.15, -0.1) is 0 Å². The maximum Gasteiger partial charge on any atom is 0.494 e. The van der Waals surface area contributed by atoms with Crippen LogP contribution in [0.4, 0.5) is 0 Å². The molecule has 0 unspecified atom stereocenters. The molecule has 0 saturated carbocycles. The summed E-state index contributed by atoms with van der Waals surface area (Å²) in [4.78, 5) is 8.18. The second-order valence-electron chi connectivity index (χ2n) is 7.64. The van der Waals surface area contributed by atoms with Crippen molar-refractivity contribution >= 4 is 23.6 Å². The van der Waals surface area contributed by atoms with E-state index in [0.29, 0.717) is 6.04 Å². The van der Waals surface area contributed by atoms with Gasteiger partial charge in [0.25, 0.3) is 0 Å². The van der Waals surface area contributed by atoms with Crippen molar-refractivity contribution in [2.75, 3.05) is 6.54 Å². The molecule has 6 heteroatoms. The van der Waals surface area contributed by atoms with Crippen LogP contribution in [0, 0.1) is 0 Å². The Morgan fingerprint density at radius 1 is 1.22 bits per heavy atom. The summed E-state index contributed by atoms with van der Waals surface area (Å²) in [7, 11) is -0.333. The number of nitrogens with one attached hydrogen (secondary N) is 2. The first kappa shape index (κ1) is 15.2. The van der Waals surface area contributed by atoms with Gasteiger partial charge < -0.3 is 19.6 Å². The van der Waals surface area contributed by atoms with Crippen molar-refractivity contribution in [1.82, 2.24) is 15.3 Å². The van der Waals surface area contributed by atoms with Crippen molar-refractivity contribution < 1.29 is 10.7 Å². The summed E-state index contributed by atoms with van der Waals surface area (Å²) in [5.41, 5.74) is 2.43. The van der Waals surface area contributed by atoms with E-state index in [1.807, 2.05) is 6.07 Å². The lowest BCUT2D eigenvalue weighted by atomic mass is 9.79. The van der Waals surface area contributed by atoms with Crippen LogP contribution in [0.3, 0.4) is 0 Å². The van der Waals surface area contributed by atoms with Crippen molar-refractivity contribution in [3.63, 3.8) is 0 Å². The van der Waals surface area contributed by atoms with Crippen LogP contribution in [0.2, 0.25) is 0 Å². The predicted octanol–water partition coefficient (Wildman–Crippen LogP) is 2.53. The Kier molecular flexibility index (Phi) is 3.34. The quantitative estimate of drug-likeness (QED) is 0.836. The summed E-state index contributed by atoms with van der Waals surface area (Å²) < 4.78 is 12.3. The van der Waals surface area contributed by atoms with E-state index < -0.39 is 0 Å². The fourth-order valence-electron chi connectivity index (χ4n) is 3.26. The molecule has 0 radical (unpaired) electrons. The number of rotatable bonds is 2. The van der Waals surface area contributed by atoms with Gasteiger partial charge >= 0.3 is 7.12 Å². The number of benzene rings is 1. The van der Waals surface area contributed by atoms with Gasteiger partial charge in [-0.25, -0.2) is 4.98 Å². The maximum absolute atomic E-state index is 6.14. The first-order chi connectivity index (χ1) is 10.9. The average molecular weight is 315 g/mol. The standard InChI is InChI=1S/C17H24BN3O2.H2/c1-16(2)17(3,4)23-18(22-16)11-7-8-12-14(10-11)21-15(20-12)13-6-5-9-19-13;/h7-8,10,13,19H,5-6,9H2,1-4H3,(H,20,21);1H/t13-;/m0./s1. The zero-order chi connectivity index (χ0) is 16.2. The van der Waals surface area contributed by atoms with Crippen LogP contribution >= 0.6 is 0 Å². The molecule has 23 heavy (non-hydrogen) atoms. The summed E-state index contributed by atoms with van der Waals surface area (Å²) in [5, 5.41) is 3.48. The van der Waals surface area contributed by atoms with Crippen LogP contribution in [0.5, 0.6) is 0 Å². The Bertz CT molecular complexity index is 725. The monoisotopic (exact) mass is 315 g/mol. The second kappa shape index (κ2) is 5.06. The van der Waals surface area contributed by atoms with Gasteiger partial charge in [0.05, 0.1) is 28.3 Å². The summed E-state index contributed by atoms with van der Waals surface area (Å²) in [6.07, 6.45) is 2.35. The second-order valence-corrected chi connectivity index (χ2v) is 7.64. The lowest BCUT2D eigenvalue weighted by Gasteiger charge is -2.32. The van der Waals surface area contributed by atoms with Gasteiger partial charge in [0.15, 0.2) is 0 Å². The maximum atomic E-state index is 6.14. The molecule has 1 atom stereocenters. The first-order valence-corrected chi connectivity index (χ1v) is 8.44. The van der Waals surface area contributed by atoms with Crippen molar-refractivity contribution in [2.24, 2.45) is 0 Å². The molecule has 0 aliphatic carbocycles. The van der Waals surface area contributed by atoms with Crippen LogP contribution in [0.15, 0.2) is 18.2 Å². The summed E-state index contributed by atoms with van der Waals surface area (Å²) >= 11 is 0. The predicted molar refractivity (Wildman–Crippen MR) is 93.9 cm³/mol. The van der Waals surface area contributed by atoms with Crippen molar-refractivity contribution in [1.29, 1.82) is 0 Å². The smallest absolute Gasteiger partial charge is 0.399 e. The molecule has 2 N–H and O–H groups in total. The Hall–Kier alpha value is -1.37. The average Bonchev–Trinajstić information content (AvgIpc) is 3.17. The third-order valence-electron chi connectivity index (χ3n) is 5.44. The highest BCUT2D eigenvalue weighted by Gasteiger charge is 2.51. The highest BCUT2D eigenvalue weighted by atomic mass is 16.7. The minimum absolute atomic E-state index is 0. The summed E-state index contributed by atoms with van der Waals surface area (Å²) in [6.45, 7) is 9.37. The Morgan fingerprint density at radius 3 is 2.61 bits per heavy atom. The van der Waals surface area contributed by atoms with Gasteiger partial charge in [-0.1, -0.05) is 6.07 Å². The third kappa shape index (κ3) is 2.49. The van der Waals surface area contributed by atoms with E-state index in [4.69, 9.17) is 14.3 Å². The molecule has 5 nitrogen and oxygen atoms in total. The number of H-pyrrole nitrogens is 1. The van der Waals surface area contributed by atoms with Crippen molar-refractivity contribution in [3.05, 3.63) is 24.0 Å². The Labute approximate surface area is 138 Å². The van der Waals surface area contributed by atoms with E-state index in [-0.39, 0.29) is 19.7 Å². The lowest BCUT2D eigenvalue weighted by Crippen LogP contribution is -2.41. The highest BCUT2D eigenvalue weighted by Crippen LogP contribution is 2.36. The van der Waals surface area contributed by atoms with Crippen LogP contribution in [-0.4, -0.2) is 34.8 Å². The molecule has 1 aromatic heterocycles. The number of aromatic amines is 1. The van der Waals surface area contributed by atoms with Crippen molar-refractivity contribution in [3.8, 4) is 0 Å². The molecule has 0 bridgehead atoms. The van der Waals surface area contributed by atoms with Gasteiger partial charge in [-0.2, -0.15) is 0 Å². The lowest BCUT2D eigenvalue weighted by molar-refractivity contribution is 0.00578. The van der Waals surface area contributed by atoms with E-state index in [0.717, 1.165) is 35.3 Å². The minimum Gasteiger partial charge on any atom is -0.399 e. The largest absolute Gasteiger partial charge is 0.494 e. The van der Waals surface area contributed by atoms with Gasteiger partial charge in [-0.05, 0) is 64.7 Å². The molecule has 4 rings (SSSR count). The minimum atomic E-state index is -0.333. The molecule has 2 aliphatic rings. The van der Waals surface area contributed by atoms with E-state index in [1.54, 1.807) is 0 Å². The van der Waals surface area contributed by atoms with E-state index >= 15 is 0 Å². The van der Waals surface area contributed by atoms with Crippen molar-refractivity contribution in [2.45, 2.75) is 57.8 Å². The molecule has 3 heterocycles. The van der Waals surface area contributed by atoms with E-state index in [1.165, 1.54) is 6.42 Å². The number of aromatic nitrogens is 2. The molecule has 2 aromatic rings. The zero-order valence-electron chi connectivity index (χ0n) is 14.3. The molecule has 0 spiro atoms. The normalized spacial score (nSPS) is 26.3. The molecular weight excluding hydrogens is 289 g/mol. The van der Waals surface area contributed by atoms with Crippen LogP contribution in [0.25, 0.3) is 11.0 Å². The van der Waals surface area contributed by atoms with Gasteiger partial charge in [0.2, 0.25) is 0 Å². The SMILES string of the molecule is CC1(C)OB(c2ccc3nc([C@@H]4CCCN4)[nH]c3c2)OC1(C)C.[HH]. The highest BCUT2D eigenvalue weighted by molar-refractivity contribution is 6.62. The fraction of sp³-hybridized carbons (Fsp3) is 0.588. The van der Waals surface area contributed by atoms with Gasteiger partial charge in [-0.3, -0.25) is 0 Å². The molecule has 0 amide bonds. The number of hydrogen-bond acceptors (Lipinski definition) is 4. The van der Waals surface area contributed by atoms with E-state index in [2.05, 4.69) is 50.1 Å². The summed E-state index contributed by atoms with van der Waals surface area (Å²) in [6, 6.07) is 6.55. The Morgan fingerprint density at radius 2 is 1.96 bits per heavy atom. The fourth-order valence-corrected chi connectivity index (χ4v) is 3.26. The topological polar surface area (TPSA) is 59.2 Å². The first-order valence-electron chi connectivity index (χ1n) is 8.44. The van der Waals surface area contributed by atoms with E-state index in [9.17, 15) is 0 Å². The molecule has 124 valence electrons. The number of imidazole rings is 1. The molecule has 2 fully saturated rings. The molecular formula is C17H26BN3O2. The zero-order valence-corrected chi connectivity index (χ0v) is 14.3. The summed E-state index contributed by atoms with van der Waals surface area (Å²) in [5.74, 6) is 1.03. The number of hydrogen-bond donors (Lipinski definition) is 2. The van der Waals surface area contributed by atoms with Gasteiger partial charge in [0, 0.05) is 1.43 Å². The van der Waals surface area contributed by atoms with Crippen LogP contribution in [-0.2, 0) is 9.31 Å². The number of nitrogens with zero attached hydrogens (tertiary/aromatic N) is 1. The third-order valence-corrected chi connectivity index (χ3v) is 5.44. The van der Waals surface area contributed by atoms with Crippen LogP contribution in [0.1, 0.15) is 53.8 Å². The van der Waals surface area contributed by atoms with Crippen LogP contribution < -0.4 is 10.8 Å². The molecule has 2 aliphatic heterocycles. The molecule has 1 aromatic carbocycles. The van der Waals surface area contributed by atoms with Gasteiger partial charge in [0.1, 0.15) is 5.82 Å². The molecule has 2 saturated heterocycles. The Balaban J connectivity index is 0.00000169. The number of fused-ring (bicyclic) bond motifs is 1.